The second-order valence-corrected chi connectivity index (χ2v) is 6.75. The highest BCUT2D eigenvalue weighted by Crippen LogP contribution is 2.23. The lowest BCUT2D eigenvalue weighted by molar-refractivity contribution is -0.274. The van der Waals surface area contributed by atoms with Crippen LogP contribution >= 0.6 is 0 Å². The van der Waals surface area contributed by atoms with E-state index in [1.807, 2.05) is 0 Å². The summed E-state index contributed by atoms with van der Waals surface area (Å²) in [4.78, 5) is 2.30. The van der Waals surface area contributed by atoms with Crippen molar-refractivity contribution in [1.82, 2.24) is 10.2 Å². The first-order chi connectivity index (χ1) is 11.6. The number of likely N-dealkylation sites (N-methyl/N-ethyl adjacent to an activating group) is 1. The molecule has 0 unspecified atom stereocenters. The standard InChI is InChI=1S/C19H31F3N2O/c1-6-18(5,7-2)23-13-15(4)24(8-3)14-16-9-11-17(12-10-16)25-19(20,21)22/h9-12,15,23H,6-8,13-14H2,1-5H3/t15-/m0/s1. The average molecular weight is 360 g/mol. The van der Waals surface area contributed by atoms with Gasteiger partial charge in [-0.2, -0.15) is 0 Å². The maximum absolute atomic E-state index is 12.2. The molecule has 0 heterocycles. The molecule has 6 heteroatoms. The number of benzene rings is 1. The first-order valence-corrected chi connectivity index (χ1v) is 8.96. The highest BCUT2D eigenvalue weighted by molar-refractivity contribution is 5.27. The van der Waals surface area contributed by atoms with Crippen LogP contribution in [-0.2, 0) is 6.54 Å². The fourth-order valence-corrected chi connectivity index (χ4v) is 2.63. The minimum absolute atomic E-state index is 0.143. The van der Waals surface area contributed by atoms with Gasteiger partial charge in [0.2, 0.25) is 0 Å². The minimum atomic E-state index is -4.65. The predicted octanol–water partition coefficient (Wildman–Crippen LogP) is 4.96. The number of hydrogen-bond acceptors (Lipinski definition) is 3. The molecule has 0 radical (unpaired) electrons. The fraction of sp³-hybridized carbons (Fsp3) is 0.684. The first-order valence-electron chi connectivity index (χ1n) is 8.96. The Morgan fingerprint density at radius 1 is 1.08 bits per heavy atom. The van der Waals surface area contributed by atoms with Crippen LogP contribution in [0.1, 0.15) is 53.0 Å². The van der Waals surface area contributed by atoms with Crippen LogP contribution < -0.4 is 10.1 Å². The number of halogens is 3. The SMILES string of the molecule is CCN(Cc1ccc(OC(F)(F)F)cc1)[C@@H](C)CNC(C)(CC)CC. The fourth-order valence-electron chi connectivity index (χ4n) is 2.63. The van der Waals surface area contributed by atoms with E-state index >= 15 is 0 Å². The molecule has 1 atom stereocenters. The molecule has 0 aliphatic rings. The topological polar surface area (TPSA) is 24.5 Å². The Balaban J connectivity index is 2.62. The molecule has 1 aromatic carbocycles. The van der Waals surface area contributed by atoms with Crippen LogP contribution in [0.4, 0.5) is 13.2 Å². The number of ether oxygens (including phenoxy) is 1. The van der Waals surface area contributed by atoms with Crippen molar-refractivity contribution < 1.29 is 17.9 Å². The third-order valence-electron chi connectivity index (χ3n) is 4.96. The Bertz CT molecular complexity index is 498. The number of hydrogen-bond donors (Lipinski definition) is 1. The van der Waals surface area contributed by atoms with Gasteiger partial charge in [-0.05, 0) is 50.9 Å². The molecule has 0 aliphatic carbocycles. The number of alkyl halides is 3. The van der Waals surface area contributed by atoms with Crippen LogP contribution in [0.5, 0.6) is 5.75 Å². The summed E-state index contributed by atoms with van der Waals surface area (Å²) in [6, 6.07) is 6.43. The minimum Gasteiger partial charge on any atom is -0.406 e. The highest BCUT2D eigenvalue weighted by atomic mass is 19.4. The quantitative estimate of drug-likeness (QED) is 0.638. The predicted molar refractivity (Wildman–Crippen MR) is 95.7 cm³/mol. The summed E-state index contributed by atoms with van der Waals surface area (Å²) >= 11 is 0. The molecule has 0 saturated carbocycles. The lowest BCUT2D eigenvalue weighted by atomic mass is 9.95. The molecule has 0 bridgehead atoms. The second kappa shape index (κ2) is 9.43. The summed E-state index contributed by atoms with van der Waals surface area (Å²) in [7, 11) is 0. The molecule has 0 fully saturated rings. The summed E-state index contributed by atoms with van der Waals surface area (Å²) in [5, 5.41) is 3.64. The summed E-state index contributed by atoms with van der Waals surface area (Å²) < 4.78 is 40.6. The third-order valence-corrected chi connectivity index (χ3v) is 4.96. The monoisotopic (exact) mass is 360 g/mol. The molecule has 0 aromatic heterocycles. The van der Waals surface area contributed by atoms with Gasteiger partial charge in [-0.1, -0.05) is 32.9 Å². The van der Waals surface area contributed by atoms with Crippen molar-refractivity contribution in [1.29, 1.82) is 0 Å². The molecule has 1 aromatic rings. The summed E-state index contributed by atoms with van der Waals surface area (Å²) in [6.45, 7) is 13.3. The van der Waals surface area contributed by atoms with Gasteiger partial charge in [0.25, 0.3) is 0 Å². The van der Waals surface area contributed by atoms with Gasteiger partial charge in [0, 0.05) is 24.7 Å². The average Bonchev–Trinajstić information content (AvgIpc) is 2.57. The van der Waals surface area contributed by atoms with E-state index in [4.69, 9.17) is 0 Å². The van der Waals surface area contributed by atoms with Gasteiger partial charge in [-0.25, -0.2) is 0 Å². The molecular formula is C19H31F3N2O. The number of rotatable bonds is 10. The number of nitrogens with one attached hydrogen (secondary N) is 1. The smallest absolute Gasteiger partial charge is 0.406 e. The molecule has 0 amide bonds. The van der Waals surface area contributed by atoms with E-state index in [0.717, 1.165) is 31.5 Å². The van der Waals surface area contributed by atoms with Crippen molar-refractivity contribution in [3.8, 4) is 5.75 Å². The van der Waals surface area contributed by atoms with Gasteiger partial charge >= 0.3 is 6.36 Å². The van der Waals surface area contributed by atoms with Gasteiger partial charge in [-0.3, -0.25) is 4.90 Å². The van der Waals surface area contributed by atoms with Crippen LogP contribution in [0, 0.1) is 0 Å². The zero-order valence-electron chi connectivity index (χ0n) is 15.9. The lowest BCUT2D eigenvalue weighted by Crippen LogP contribution is -2.48. The summed E-state index contributed by atoms with van der Waals surface area (Å²) in [5.74, 6) is -0.185. The third kappa shape index (κ3) is 7.65. The molecule has 144 valence electrons. The van der Waals surface area contributed by atoms with Crippen LogP contribution in [0.25, 0.3) is 0 Å². The van der Waals surface area contributed by atoms with Crippen LogP contribution in [0.3, 0.4) is 0 Å². The molecule has 0 saturated heterocycles. The lowest BCUT2D eigenvalue weighted by Gasteiger charge is -2.34. The Morgan fingerprint density at radius 2 is 1.64 bits per heavy atom. The van der Waals surface area contributed by atoms with Crippen molar-refractivity contribution >= 4 is 0 Å². The van der Waals surface area contributed by atoms with Crippen molar-refractivity contribution in [2.75, 3.05) is 13.1 Å². The maximum Gasteiger partial charge on any atom is 0.573 e. The summed E-state index contributed by atoms with van der Waals surface area (Å²) in [6.07, 6.45) is -2.51. The Kier molecular flexibility index (Phi) is 8.22. The van der Waals surface area contributed by atoms with Gasteiger partial charge in [0.1, 0.15) is 5.75 Å². The van der Waals surface area contributed by atoms with E-state index in [9.17, 15) is 13.2 Å². The zero-order chi connectivity index (χ0) is 19.1. The largest absolute Gasteiger partial charge is 0.573 e. The summed E-state index contributed by atoms with van der Waals surface area (Å²) in [5.41, 5.74) is 1.11. The van der Waals surface area contributed by atoms with Crippen LogP contribution in [0.2, 0.25) is 0 Å². The highest BCUT2D eigenvalue weighted by Gasteiger charge is 2.31. The zero-order valence-corrected chi connectivity index (χ0v) is 15.9. The molecule has 1 N–H and O–H groups in total. The molecular weight excluding hydrogens is 329 g/mol. The molecule has 0 spiro atoms. The van der Waals surface area contributed by atoms with E-state index in [0.29, 0.717) is 12.6 Å². The van der Waals surface area contributed by atoms with E-state index in [-0.39, 0.29) is 11.3 Å². The van der Waals surface area contributed by atoms with Crippen molar-refractivity contribution in [2.24, 2.45) is 0 Å². The Labute approximate surface area is 149 Å². The number of nitrogens with zero attached hydrogens (tertiary/aromatic N) is 1. The first kappa shape index (κ1) is 21.8. The molecule has 0 aliphatic heterocycles. The Morgan fingerprint density at radius 3 is 2.08 bits per heavy atom. The normalized spacial score (nSPS) is 14.0. The van der Waals surface area contributed by atoms with Gasteiger partial charge in [0.15, 0.2) is 0 Å². The molecule has 25 heavy (non-hydrogen) atoms. The van der Waals surface area contributed by atoms with Crippen LogP contribution in [0.15, 0.2) is 24.3 Å². The molecule has 1 rings (SSSR count). The maximum atomic E-state index is 12.2. The Hall–Kier alpha value is -1.27. The van der Waals surface area contributed by atoms with Crippen molar-refractivity contribution in [3.63, 3.8) is 0 Å². The van der Waals surface area contributed by atoms with E-state index in [2.05, 4.69) is 49.6 Å². The van der Waals surface area contributed by atoms with Gasteiger partial charge in [-0.15, -0.1) is 13.2 Å². The van der Waals surface area contributed by atoms with E-state index in [1.54, 1.807) is 12.1 Å². The van der Waals surface area contributed by atoms with Gasteiger partial charge in [0.05, 0.1) is 0 Å². The van der Waals surface area contributed by atoms with Crippen molar-refractivity contribution in [2.45, 2.75) is 71.9 Å². The van der Waals surface area contributed by atoms with Crippen molar-refractivity contribution in [3.05, 3.63) is 29.8 Å². The van der Waals surface area contributed by atoms with Gasteiger partial charge < -0.3 is 10.1 Å². The van der Waals surface area contributed by atoms with E-state index < -0.39 is 6.36 Å². The van der Waals surface area contributed by atoms with Crippen LogP contribution in [-0.4, -0.2) is 35.9 Å². The second-order valence-electron chi connectivity index (χ2n) is 6.75. The van der Waals surface area contributed by atoms with E-state index in [1.165, 1.54) is 12.1 Å². The molecule has 3 nitrogen and oxygen atoms in total.